The molecule has 0 radical (unpaired) electrons. The number of hydrogen-bond donors (Lipinski definition) is 0. The average molecular weight is 257 g/mol. The van der Waals surface area contributed by atoms with Crippen LogP contribution in [0.2, 0.25) is 0 Å². The zero-order valence-electron chi connectivity index (χ0n) is 5.87. The number of hydrogen-bond acceptors (Lipinski definition) is 4. The van der Waals surface area contributed by atoms with E-state index in [4.69, 9.17) is 19.2 Å². The molecule has 0 aliphatic carbocycles. The van der Waals surface area contributed by atoms with Gasteiger partial charge in [-0.1, -0.05) is 0 Å². The Hall–Kier alpha value is 5.06. The smallest absolute Gasteiger partial charge is 1.00 e. The molecule has 0 aliphatic rings. The molecule has 0 aliphatic heterocycles. The average Bonchev–Trinajstić information content (AvgIpc) is 0.722. The molecule has 0 aromatic rings. The van der Waals surface area contributed by atoms with Crippen LogP contribution in [-0.4, -0.2) is 60.8 Å². The molecule has 10 heteroatoms. The topological polar surface area (TPSA) is 86.2 Å². The Kier molecular flexibility index (Phi) is 71.1. The van der Waals surface area contributed by atoms with Gasteiger partial charge in [-0.05, 0) is 0 Å². The maximum absolute atomic E-state index is 8.55. The van der Waals surface area contributed by atoms with Crippen LogP contribution in [0.3, 0.4) is 0 Å². The molecule has 0 unspecified atom stereocenters. The van der Waals surface area contributed by atoms with E-state index in [1.165, 1.54) is 0 Å². The van der Waals surface area contributed by atoms with Crippen molar-refractivity contribution in [3.05, 3.63) is 0 Å². The molecule has 0 aromatic heterocycles. The van der Waals surface area contributed by atoms with Crippen molar-refractivity contribution in [2.24, 2.45) is 0 Å². The van der Waals surface area contributed by atoms with Crippen LogP contribution in [-0.2, 0) is 4.57 Å². The Morgan fingerprint density at radius 2 is 1.10 bits per heavy atom. The van der Waals surface area contributed by atoms with E-state index in [-0.39, 0.29) is 154 Å². The second-order valence-electron chi connectivity index (χ2n) is 0.447. The van der Waals surface area contributed by atoms with Crippen LogP contribution in [0.15, 0.2) is 0 Å². The molecule has 0 bridgehead atoms. The molecule has 0 rings (SSSR count). The van der Waals surface area contributed by atoms with E-state index in [9.17, 15) is 0 Å². The first-order chi connectivity index (χ1) is 2.00. The molecule has 0 saturated heterocycles. The SMILES string of the molecule is O=P([O-])([O-])[O-].[Ca+2].[Cl-].[K+].[Mg+2].[Na+]. The van der Waals surface area contributed by atoms with Crippen molar-refractivity contribution in [2.75, 3.05) is 0 Å². The van der Waals surface area contributed by atoms with Gasteiger partial charge in [0.2, 0.25) is 0 Å². The molecule has 0 atom stereocenters. The van der Waals surface area contributed by atoms with Gasteiger partial charge in [-0.3, -0.25) is 0 Å². The third-order valence-electron chi connectivity index (χ3n) is 0. The Balaban J connectivity index is -0.00000000800. The summed E-state index contributed by atoms with van der Waals surface area (Å²) in [6.45, 7) is 0. The first-order valence-electron chi connectivity index (χ1n) is 0.730. The van der Waals surface area contributed by atoms with Gasteiger partial charge in [0.05, 0.1) is 0 Å². The molecule has 0 fully saturated rings. The number of phosphoric acid groups is 1. The van der Waals surface area contributed by atoms with E-state index >= 15 is 0 Å². The van der Waals surface area contributed by atoms with Crippen molar-refractivity contribution in [1.29, 1.82) is 0 Å². The van der Waals surface area contributed by atoms with Gasteiger partial charge in [-0.15, -0.1) is 0 Å². The first kappa shape index (κ1) is 36.3. The van der Waals surface area contributed by atoms with Crippen molar-refractivity contribution in [3.63, 3.8) is 0 Å². The molecule has 0 amide bonds. The van der Waals surface area contributed by atoms with E-state index in [0.29, 0.717) is 0 Å². The zero-order valence-corrected chi connectivity index (χ0v) is 16.3. The fraction of sp³-hybridized carbons (Fsp3) is 0. The third-order valence-corrected chi connectivity index (χ3v) is 0. The standard InChI is InChI=1S/Ca.ClH.K.Mg.Na.H3O4P/c;;;;;1-5(2,3)4/h;1H;;;;(H3,1,2,3,4)/q+2;;+1;+2;+1;/p-4. The molecular weight excluding hydrogens is 257 g/mol. The molecule has 0 heterocycles. The Morgan fingerprint density at radius 1 is 1.10 bits per heavy atom. The summed E-state index contributed by atoms with van der Waals surface area (Å²) in [5.41, 5.74) is 0. The summed E-state index contributed by atoms with van der Waals surface area (Å²) in [6, 6.07) is 0. The summed E-state index contributed by atoms with van der Waals surface area (Å²) in [5, 5.41) is 0. The molecule has 0 N–H and O–H groups in total. The summed E-state index contributed by atoms with van der Waals surface area (Å²) in [5.74, 6) is 0. The van der Waals surface area contributed by atoms with Crippen molar-refractivity contribution in [3.8, 4) is 0 Å². The van der Waals surface area contributed by atoms with E-state index in [1.807, 2.05) is 0 Å². The van der Waals surface area contributed by atoms with Gasteiger partial charge in [-0.25, -0.2) is 0 Å². The molecule has 4 nitrogen and oxygen atoms in total. The van der Waals surface area contributed by atoms with Gasteiger partial charge in [0.15, 0.2) is 0 Å². The maximum atomic E-state index is 8.55. The minimum atomic E-state index is -5.39. The van der Waals surface area contributed by atoms with Crippen LogP contribution in [0, 0.1) is 0 Å². The van der Waals surface area contributed by atoms with Crippen LogP contribution in [0.1, 0.15) is 0 Å². The molecule has 0 aromatic carbocycles. The van der Waals surface area contributed by atoms with Gasteiger partial charge in [0, 0.05) is 0 Å². The summed E-state index contributed by atoms with van der Waals surface area (Å²) < 4.78 is 8.55. The van der Waals surface area contributed by atoms with Crippen LogP contribution in [0.4, 0.5) is 0 Å². The van der Waals surface area contributed by atoms with Gasteiger partial charge in [0.1, 0.15) is 0 Å². The van der Waals surface area contributed by atoms with Crippen LogP contribution in [0.25, 0.3) is 0 Å². The first-order valence-corrected chi connectivity index (χ1v) is 2.19. The maximum Gasteiger partial charge on any atom is 2.00 e. The van der Waals surface area contributed by atoms with Gasteiger partial charge >= 0.3 is 142 Å². The molecule has 0 saturated carbocycles. The Morgan fingerprint density at radius 3 is 1.10 bits per heavy atom. The largest absolute Gasteiger partial charge is 2.00 e. The quantitative estimate of drug-likeness (QED) is 0.318. The van der Waals surface area contributed by atoms with Crippen molar-refractivity contribution in [2.45, 2.75) is 0 Å². The predicted molar refractivity (Wildman–Crippen MR) is 19.1 cm³/mol. The fourth-order valence-electron chi connectivity index (χ4n) is 0. The van der Waals surface area contributed by atoms with Gasteiger partial charge < -0.3 is 31.7 Å². The molecule has 0 spiro atoms. The number of rotatable bonds is 0. The van der Waals surface area contributed by atoms with Gasteiger partial charge in [0.25, 0.3) is 0 Å². The van der Waals surface area contributed by atoms with Crippen molar-refractivity contribution >= 4 is 68.6 Å². The van der Waals surface area contributed by atoms with E-state index in [2.05, 4.69) is 0 Å². The summed E-state index contributed by atoms with van der Waals surface area (Å²) in [7, 11) is -5.39. The second-order valence-corrected chi connectivity index (χ2v) is 1.34. The number of halogens is 1. The second kappa shape index (κ2) is 19.6. The molecular formula is CaClKMgNaO4P+2. The van der Waals surface area contributed by atoms with E-state index in [0.717, 1.165) is 0 Å². The van der Waals surface area contributed by atoms with Crippen molar-refractivity contribution in [1.82, 2.24) is 0 Å². The minimum Gasteiger partial charge on any atom is -1.00 e. The van der Waals surface area contributed by atoms with E-state index in [1.54, 1.807) is 0 Å². The Labute approximate surface area is 176 Å². The minimum absolute atomic E-state index is 0. The normalized spacial score (nSPS) is 5.90. The predicted octanol–water partition coefficient (Wildman–Crippen LogP) is -12.6. The summed E-state index contributed by atoms with van der Waals surface area (Å²) in [6.07, 6.45) is 0. The van der Waals surface area contributed by atoms with Crippen LogP contribution >= 0.6 is 7.82 Å². The van der Waals surface area contributed by atoms with Crippen LogP contribution in [0.5, 0.6) is 0 Å². The van der Waals surface area contributed by atoms with Crippen molar-refractivity contribution < 1.29 is 113 Å². The molecule has 40 valence electrons. The zero-order chi connectivity index (χ0) is 4.50. The Bertz CT molecular complexity index is 71.4. The molecule has 10 heavy (non-hydrogen) atoms. The van der Waals surface area contributed by atoms with Gasteiger partial charge in [-0.2, -0.15) is 7.82 Å². The van der Waals surface area contributed by atoms with E-state index < -0.39 is 7.82 Å². The third kappa shape index (κ3) is 74.2. The summed E-state index contributed by atoms with van der Waals surface area (Å²) in [4.78, 5) is 25.6. The van der Waals surface area contributed by atoms with Crippen LogP contribution < -0.4 is 108 Å². The summed E-state index contributed by atoms with van der Waals surface area (Å²) >= 11 is 0. The monoisotopic (exact) mass is 256 g/mol. The fourth-order valence-corrected chi connectivity index (χ4v) is 0.